The Balaban J connectivity index is 1.58. The van der Waals surface area contributed by atoms with Gasteiger partial charge in [0, 0.05) is 16.0 Å². The van der Waals surface area contributed by atoms with Gasteiger partial charge in [0.05, 0.1) is 17.9 Å². The van der Waals surface area contributed by atoms with Gasteiger partial charge in [0.25, 0.3) is 5.91 Å². The van der Waals surface area contributed by atoms with Gasteiger partial charge in [0.15, 0.2) is 16.8 Å². The SMILES string of the molecule is Nn1c(CSc2nnc(Cc3csc(NC(=O)CCl)n3)n2NC(=O)c2ccc(Cl)cc2)n[nH]c1=S. The molecule has 3 heterocycles. The molecule has 3 aromatic heterocycles. The molecule has 1 aromatic carbocycles. The first-order chi connectivity index (χ1) is 16.8. The predicted octanol–water partition coefficient (Wildman–Crippen LogP) is 2.80. The molecule has 0 aliphatic heterocycles. The van der Waals surface area contributed by atoms with Gasteiger partial charge in [-0.15, -0.1) is 33.1 Å². The molecule has 0 spiro atoms. The monoisotopic (exact) mass is 570 g/mol. The molecule has 0 fully saturated rings. The predicted molar refractivity (Wildman–Crippen MR) is 137 cm³/mol. The number of thiazole rings is 1. The van der Waals surface area contributed by atoms with E-state index in [0.717, 1.165) is 0 Å². The molecule has 0 saturated carbocycles. The lowest BCUT2D eigenvalue weighted by Gasteiger charge is -2.11. The minimum absolute atomic E-state index is 0.174. The number of halogens is 2. The molecule has 4 aromatic rings. The summed E-state index contributed by atoms with van der Waals surface area (Å²) in [5, 5.41) is 20.8. The highest BCUT2D eigenvalue weighted by Gasteiger charge is 2.19. The summed E-state index contributed by atoms with van der Waals surface area (Å²) in [7, 11) is 0. The molecule has 5 N–H and O–H groups in total. The van der Waals surface area contributed by atoms with Gasteiger partial charge >= 0.3 is 0 Å². The van der Waals surface area contributed by atoms with Crippen LogP contribution in [0.5, 0.6) is 0 Å². The van der Waals surface area contributed by atoms with Crippen LogP contribution >= 0.6 is 58.5 Å². The van der Waals surface area contributed by atoms with Crippen molar-refractivity contribution >= 4 is 75.5 Å². The second-order valence-electron chi connectivity index (χ2n) is 6.79. The summed E-state index contributed by atoms with van der Waals surface area (Å²) in [4.78, 5) is 28.8. The smallest absolute Gasteiger partial charge is 0.270 e. The molecule has 35 heavy (non-hydrogen) atoms. The summed E-state index contributed by atoms with van der Waals surface area (Å²) >= 11 is 19.0. The number of anilines is 1. The fourth-order valence-electron chi connectivity index (χ4n) is 2.72. The second-order valence-corrected chi connectivity index (χ2v) is 9.68. The van der Waals surface area contributed by atoms with Gasteiger partial charge in [-0.1, -0.05) is 23.4 Å². The molecule has 0 aliphatic carbocycles. The van der Waals surface area contributed by atoms with Crippen molar-refractivity contribution < 1.29 is 9.59 Å². The van der Waals surface area contributed by atoms with Crippen molar-refractivity contribution in [1.82, 2.24) is 34.7 Å². The number of rotatable bonds is 9. The van der Waals surface area contributed by atoms with E-state index in [1.54, 1.807) is 29.6 Å². The van der Waals surface area contributed by atoms with E-state index in [4.69, 9.17) is 41.3 Å². The normalized spacial score (nSPS) is 10.9. The maximum Gasteiger partial charge on any atom is 0.270 e. The third-order valence-electron chi connectivity index (χ3n) is 4.39. The number of carbonyl (C=O) groups excluding carboxylic acids is 2. The highest BCUT2D eigenvalue weighted by Crippen LogP contribution is 2.23. The molecule has 0 bridgehead atoms. The first-order valence-corrected chi connectivity index (χ1v) is 12.9. The maximum absolute atomic E-state index is 12.9. The Bertz CT molecular complexity index is 1410. The van der Waals surface area contributed by atoms with Crippen LogP contribution in [0.25, 0.3) is 0 Å². The van der Waals surface area contributed by atoms with Crippen LogP contribution in [0.15, 0.2) is 34.8 Å². The van der Waals surface area contributed by atoms with Gasteiger partial charge in [0.1, 0.15) is 5.88 Å². The highest BCUT2D eigenvalue weighted by atomic mass is 35.5. The molecule has 4 rings (SSSR count). The lowest BCUT2D eigenvalue weighted by molar-refractivity contribution is -0.113. The standard InChI is InChI=1S/C18H16Cl2N10O2S3/c19-6-14(31)23-16-22-11(7-34-16)5-12-24-27-18(35-8-13-25-26-17(33)29(13)21)30(12)28-15(32)9-1-3-10(20)4-2-9/h1-4,7H,5-6,8,21H2,(H,26,33)(H,28,32)(H,22,23,31). The van der Waals surface area contributed by atoms with Crippen molar-refractivity contribution in [3.63, 3.8) is 0 Å². The highest BCUT2D eigenvalue weighted by molar-refractivity contribution is 7.98. The number of alkyl halides is 1. The minimum atomic E-state index is -0.389. The summed E-state index contributed by atoms with van der Waals surface area (Å²) in [6, 6.07) is 6.45. The lowest BCUT2D eigenvalue weighted by atomic mass is 10.2. The van der Waals surface area contributed by atoms with Crippen LogP contribution in [0.2, 0.25) is 5.02 Å². The van der Waals surface area contributed by atoms with Crippen LogP contribution in [0.3, 0.4) is 0 Å². The van der Waals surface area contributed by atoms with Crippen molar-refractivity contribution in [3.05, 3.63) is 62.3 Å². The number of carbonyl (C=O) groups is 2. The molecular formula is C18H16Cl2N10O2S3. The van der Waals surface area contributed by atoms with Crippen LogP contribution in [0.1, 0.15) is 27.7 Å². The van der Waals surface area contributed by atoms with E-state index in [1.165, 1.54) is 32.5 Å². The van der Waals surface area contributed by atoms with E-state index in [0.29, 0.717) is 44.0 Å². The Kier molecular flexibility index (Phi) is 8.02. The first kappa shape index (κ1) is 25.1. The number of aromatic nitrogens is 7. The molecule has 12 nitrogen and oxygen atoms in total. The van der Waals surface area contributed by atoms with E-state index >= 15 is 0 Å². The number of nitrogens with two attached hydrogens (primary N) is 1. The molecule has 182 valence electrons. The zero-order valence-electron chi connectivity index (χ0n) is 17.6. The third kappa shape index (κ3) is 6.18. The lowest BCUT2D eigenvalue weighted by Crippen LogP contribution is -2.26. The molecule has 0 saturated heterocycles. The molecule has 0 unspecified atom stereocenters. The number of amides is 2. The van der Waals surface area contributed by atoms with Gasteiger partial charge < -0.3 is 11.2 Å². The number of nitrogen functional groups attached to an aromatic ring is 1. The van der Waals surface area contributed by atoms with Crippen LogP contribution in [-0.2, 0) is 17.0 Å². The second kappa shape index (κ2) is 11.2. The molecule has 0 radical (unpaired) electrons. The van der Waals surface area contributed by atoms with Crippen LogP contribution in [-0.4, -0.2) is 52.4 Å². The van der Waals surface area contributed by atoms with Crippen molar-refractivity contribution in [2.24, 2.45) is 0 Å². The van der Waals surface area contributed by atoms with Crippen molar-refractivity contribution in [2.75, 3.05) is 22.5 Å². The fourth-order valence-corrected chi connectivity index (χ4v) is 4.63. The quantitative estimate of drug-likeness (QED) is 0.102. The first-order valence-electron chi connectivity index (χ1n) is 9.69. The van der Waals surface area contributed by atoms with Crippen LogP contribution in [0, 0.1) is 4.77 Å². The summed E-state index contributed by atoms with van der Waals surface area (Å²) in [5.41, 5.74) is 3.82. The van der Waals surface area contributed by atoms with Crippen molar-refractivity contribution in [2.45, 2.75) is 17.3 Å². The van der Waals surface area contributed by atoms with Crippen molar-refractivity contribution in [1.29, 1.82) is 0 Å². The average Bonchev–Trinajstić information content (AvgIpc) is 3.54. The van der Waals surface area contributed by atoms with Gasteiger partial charge in [0.2, 0.25) is 15.8 Å². The number of H-pyrrole nitrogens is 1. The van der Waals surface area contributed by atoms with Gasteiger partial charge in [-0.3, -0.25) is 20.1 Å². The molecule has 0 atom stereocenters. The fraction of sp³-hybridized carbons (Fsp3) is 0.167. The summed E-state index contributed by atoms with van der Waals surface area (Å²) < 4.78 is 3.00. The number of benzene rings is 1. The number of hydrogen-bond donors (Lipinski definition) is 4. The van der Waals surface area contributed by atoms with Gasteiger partial charge in [-0.2, -0.15) is 5.10 Å². The average molecular weight is 572 g/mol. The van der Waals surface area contributed by atoms with Crippen LogP contribution < -0.4 is 16.6 Å². The number of nitrogens with one attached hydrogen (secondary N) is 3. The zero-order valence-corrected chi connectivity index (χ0v) is 21.5. The molecular weight excluding hydrogens is 555 g/mol. The van der Waals surface area contributed by atoms with E-state index in [2.05, 4.69) is 36.1 Å². The van der Waals surface area contributed by atoms with Crippen LogP contribution in [0.4, 0.5) is 5.13 Å². The van der Waals surface area contributed by atoms with E-state index < -0.39 is 0 Å². The van der Waals surface area contributed by atoms with E-state index in [-0.39, 0.29) is 28.9 Å². The summed E-state index contributed by atoms with van der Waals surface area (Å²) in [6.07, 6.45) is 0.233. The van der Waals surface area contributed by atoms with Gasteiger partial charge in [-0.05, 0) is 36.5 Å². The topological polar surface area (TPSA) is 161 Å². The Morgan fingerprint density at radius 3 is 2.69 bits per heavy atom. The number of thioether (sulfide) groups is 1. The van der Waals surface area contributed by atoms with Gasteiger partial charge in [-0.25, -0.2) is 14.3 Å². The zero-order chi connectivity index (χ0) is 24.9. The molecule has 2 amide bonds. The maximum atomic E-state index is 12.9. The Hall–Kier alpha value is -2.98. The van der Waals surface area contributed by atoms with Crippen molar-refractivity contribution in [3.8, 4) is 0 Å². The largest absolute Gasteiger partial charge is 0.335 e. The Labute approximate surface area is 221 Å². The Morgan fingerprint density at radius 1 is 1.23 bits per heavy atom. The number of aromatic amines is 1. The number of nitrogens with zero attached hydrogens (tertiary/aromatic N) is 6. The third-order valence-corrected chi connectivity index (χ3v) is 6.90. The number of hydrogen-bond acceptors (Lipinski definition) is 10. The van der Waals surface area contributed by atoms with E-state index in [9.17, 15) is 9.59 Å². The summed E-state index contributed by atoms with van der Waals surface area (Å²) in [6.45, 7) is 0. The Morgan fingerprint density at radius 2 is 2.00 bits per heavy atom. The van der Waals surface area contributed by atoms with E-state index in [1.807, 2.05) is 0 Å². The summed E-state index contributed by atoms with van der Waals surface area (Å²) in [5.74, 6) is 6.16. The molecule has 0 aliphatic rings. The molecule has 17 heteroatoms. The minimum Gasteiger partial charge on any atom is -0.335 e.